The van der Waals surface area contributed by atoms with Crippen LogP contribution in [0.5, 0.6) is 0 Å². The Kier molecular flexibility index (Phi) is 2.57. The van der Waals surface area contributed by atoms with Gasteiger partial charge in [-0.15, -0.1) is 0 Å². The van der Waals surface area contributed by atoms with Crippen molar-refractivity contribution in [1.29, 1.82) is 0 Å². The van der Waals surface area contributed by atoms with Gasteiger partial charge in [-0.25, -0.2) is 5.90 Å². The number of nitrogens with two attached hydrogens (primary N) is 1. The molecule has 0 saturated heterocycles. The van der Waals surface area contributed by atoms with Gasteiger partial charge < -0.3 is 0 Å². The lowest BCUT2D eigenvalue weighted by Crippen LogP contribution is -2.00. The predicted octanol–water partition coefficient (Wildman–Crippen LogP) is 1.09. The van der Waals surface area contributed by atoms with Crippen LogP contribution in [-0.2, 0) is 11.4 Å². The minimum atomic E-state index is 0.449. The standard InChI is InChI=1S/C8H12N2O/c1-6-3-8(5-11-9)4-7(2)10-6/h3-4H,5,9H2,1-2H3. The Balaban J connectivity index is 2.89. The molecule has 1 aromatic rings. The van der Waals surface area contributed by atoms with Gasteiger partial charge >= 0.3 is 0 Å². The number of hydrogen-bond donors (Lipinski definition) is 1. The van der Waals surface area contributed by atoms with Crippen LogP contribution in [0.3, 0.4) is 0 Å². The first-order chi connectivity index (χ1) is 5.22. The molecule has 0 unspecified atom stereocenters. The molecule has 0 saturated carbocycles. The number of nitrogens with zero attached hydrogens (tertiary/aromatic N) is 1. The molecule has 0 aliphatic heterocycles. The highest BCUT2D eigenvalue weighted by molar-refractivity contribution is 5.19. The number of aryl methyl sites for hydroxylation is 2. The smallest absolute Gasteiger partial charge is 0.0931 e. The van der Waals surface area contributed by atoms with Gasteiger partial charge in [0.15, 0.2) is 0 Å². The lowest BCUT2D eigenvalue weighted by Gasteiger charge is -2.01. The van der Waals surface area contributed by atoms with Crippen molar-refractivity contribution in [3.63, 3.8) is 0 Å². The maximum Gasteiger partial charge on any atom is 0.0931 e. The molecule has 0 amide bonds. The average Bonchev–Trinajstić information content (AvgIpc) is 1.85. The second kappa shape index (κ2) is 3.46. The van der Waals surface area contributed by atoms with Crippen LogP contribution < -0.4 is 5.90 Å². The third-order valence-corrected chi connectivity index (χ3v) is 1.39. The third kappa shape index (κ3) is 2.29. The lowest BCUT2D eigenvalue weighted by molar-refractivity contribution is 0.124. The zero-order chi connectivity index (χ0) is 8.27. The van der Waals surface area contributed by atoms with Gasteiger partial charge in [-0.05, 0) is 31.5 Å². The Morgan fingerprint density at radius 2 is 1.91 bits per heavy atom. The second-order valence-electron chi connectivity index (χ2n) is 2.57. The van der Waals surface area contributed by atoms with Crippen LogP contribution in [-0.4, -0.2) is 4.98 Å². The fraction of sp³-hybridized carbons (Fsp3) is 0.375. The molecule has 0 atom stereocenters. The summed E-state index contributed by atoms with van der Waals surface area (Å²) in [7, 11) is 0. The summed E-state index contributed by atoms with van der Waals surface area (Å²) in [5.74, 6) is 4.94. The van der Waals surface area contributed by atoms with Crippen LogP contribution >= 0.6 is 0 Å². The van der Waals surface area contributed by atoms with E-state index in [1.807, 2.05) is 26.0 Å². The highest BCUT2D eigenvalue weighted by Gasteiger charge is 1.95. The van der Waals surface area contributed by atoms with Crippen LogP contribution in [0.15, 0.2) is 12.1 Å². The van der Waals surface area contributed by atoms with Gasteiger partial charge in [0.05, 0.1) is 6.61 Å². The maximum absolute atomic E-state index is 4.94. The molecule has 60 valence electrons. The molecule has 0 spiro atoms. The molecule has 0 bridgehead atoms. The first-order valence-corrected chi connectivity index (χ1v) is 3.48. The van der Waals surface area contributed by atoms with Gasteiger partial charge in [-0.1, -0.05) is 0 Å². The van der Waals surface area contributed by atoms with E-state index in [1.54, 1.807) is 0 Å². The highest BCUT2D eigenvalue weighted by atomic mass is 16.6. The molecule has 1 heterocycles. The van der Waals surface area contributed by atoms with E-state index >= 15 is 0 Å². The summed E-state index contributed by atoms with van der Waals surface area (Å²) in [6.45, 7) is 4.35. The molecular formula is C8H12N2O. The first-order valence-electron chi connectivity index (χ1n) is 3.48. The van der Waals surface area contributed by atoms with E-state index in [2.05, 4.69) is 9.82 Å². The van der Waals surface area contributed by atoms with E-state index in [4.69, 9.17) is 5.90 Å². The average molecular weight is 152 g/mol. The van der Waals surface area contributed by atoms with Crippen molar-refractivity contribution in [2.75, 3.05) is 0 Å². The molecule has 1 rings (SSSR count). The molecular weight excluding hydrogens is 140 g/mol. The van der Waals surface area contributed by atoms with E-state index in [-0.39, 0.29) is 0 Å². The lowest BCUT2D eigenvalue weighted by atomic mass is 10.2. The molecule has 11 heavy (non-hydrogen) atoms. The maximum atomic E-state index is 4.94. The van der Waals surface area contributed by atoms with Gasteiger partial charge in [0.2, 0.25) is 0 Å². The largest absolute Gasteiger partial charge is 0.300 e. The Hall–Kier alpha value is -0.930. The normalized spacial score (nSPS) is 10.1. The summed E-state index contributed by atoms with van der Waals surface area (Å²) in [6.07, 6.45) is 0. The Morgan fingerprint density at radius 1 is 1.36 bits per heavy atom. The fourth-order valence-corrected chi connectivity index (χ4v) is 1.10. The second-order valence-corrected chi connectivity index (χ2v) is 2.57. The van der Waals surface area contributed by atoms with Crippen molar-refractivity contribution < 1.29 is 4.84 Å². The van der Waals surface area contributed by atoms with Crippen molar-refractivity contribution in [3.8, 4) is 0 Å². The van der Waals surface area contributed by atoms with Gasteiger partial charge in [0.25, 0.3) is 0 Å². The number of pyridine rings is 1. The molecule has 2 N–H and O–H groups in total. The predicted molar refractivity (Wildman–Crippen MR) is 42.7 cm³/mol. The third-order valence-electron chi connectivity index (χ3n) is 1.39. The summed E-state index contributed by atoms with van der Waals surface area (Å²) < 4.78 is 0. The van der Waals surface area contributed by atoms with Crippen LogP contribution in [0, 0.1) is 13.8 Å². The number of aromatic nitrogens is 1. The summed E-state index contributed by atoms with van der Waals surface area (Å²) in [5, 5.41) is 0. The Morgan fingerprint density at radius 3 is 2.36 bits per heavy atom. The molecule has 3 heteroatoms. The van der Waals surface area contributed by atoms with Gasteiger partial charge in [0.1, 0.15) is 0 Å². The van der Waals surface area contributed by atoms with E-state index in [0.29, 0.717) is 6.61 Å². The van der Waals surface area contributed by atoms with Crippen molar-refractivity contribution in [3.05, 3.63) is 29.1 Å². The minimum Gasteiger partial charge on any atom is -0.300 e. The monoisotopic (exact) mass is 152 g/mol. The highest BCUT2D eigenvalue weighted by Crippen LogP contribution is 2.04. The SMILES string of the molecule is Cc1cc(CON)cc(C)n1. The zero-order valence-electron chi connectivity index (χ0n) is 6.79. The summed E-state index contributed by atoms with van der Waals surface area (Å²) in [4.78, 5) is 8.73. The van der Waals surface area contributed by atoms with Crippen LogP contribution in [0.25, 0.3) is 0 Å². The molecule has 0 aliphatic carbocycles. The van der Waals surface area contributed by atoms with Crippen molar-refractivity contribution in [2.45, 2.75) is 20.5 Å². The quantitative estimate of drug-likeness (QED) is 0.645. The fourth-order valence-electron chi connectivity index (χ4n) is 1.10. The minimum absolute atomic E-state index is 0.449. The van der Waals surface area contributed by atoms with Crippen molar-refractivity contribution in [2.24, 2.45) is 5.90 Å². The van der Waals surface area contributed by atoms with E-state index in [1.165, 1.54) is 0 Å². The van der Waals surface area contributed by atoms with Gasteiger partial charge in [-0.3, -0.25) is 9.82 Å². The van der Waals surface area contributed by atoms with E-state index in [0.717, 1.165) is 17.0 Å². The van der Waals surface area contributed by atoms with E-state index < -0.39 is 0 Å². The molecule has 3 nitrogen and oxygen atoms in total. The molecule has 1 aromatic heterocycles. The molecule has 0 fully saturated rings. The van der Waals surface area contributed by atoms with Crippen LogP contribution in [0.2, 0.25) is 0 Å². The van der Waals surface area contributed by atoms with Crippen LogP contribution in [0.4, 0.5) is 0 Å². The Labute approximate surface area is 66.2 Å². The van der Waals surface area contributed by atoms with Crippen LogP contribution in [0.1, 0.15) is 17.0 Å². The Bertz CT molecular complexity index is 228. The van der Waals surface area contributed by atoms with Gasteiger partial charge in [-0.2, -0.15) is 0 Å². The molecule has 0 aromatic carbocycles. The summed E-state index contributed by atoms with van der Waals surface area (Å²) in [6, 6.07) is 3.92. The number of rotatable bonds is 2. The first kappa shape index (κ1) is 8.17. The molecule has 0 aliphatic rings. The van der Waals surface area contributed by atoms with Crippen molar-refractivity contribution in [1.82, 2.24) is 4.98 Å². The number of hydrogen-bond acceptors (Lipinski definition) is 3. The van der Waals surface area contributed by atoms with Crippen molar-refractivity contribution >= 4 is 0 Å². The molecule has 0 radical (unpaired) electrons. The summed E-state index contributed by atoms with van der Waals surface area (Å²) >= 11 is 0. The summed E-state index contributed by atoms with van der Waals surface area (Å²) in [5.41, 5.74) is 3.06. The van der Waals surface area contributed by atoms with Gasteiger partial charge in [0, 0.05) is 11.4 Å². The topological polar surface area (TPSA) is 48.1 Å². The van der Waals surface area contributed by atoms with E-state index in [9.17, 15) is 0 Å². The zero-order valence-corrected chi connectivity index (χ0v) is 6.79.